The molecule has 4 nitrogen and oxygen atoms in total. The van der Waals surface area contributed by atoms with E-state index >= 15 is 0 Å². The number of hydrogen-bond acceptors (Lipinski definition) is 3. The second-order valence-electron chi connectivity index (χ2n) is 12.4. The average Bonchev–Trinajstić information content (AvgIpc) is 3.15. The maximum Gasteiger partial charge on any atom is 0.0883 e. The molecule has 0 aliphatic rings. The molecular weight excluding hydrogens is 382 g/mol. The van der Waals surface area contributed by atoms with Gasteiger partial charge in [0.2, 0.25) is 0 Å². The number of rotatable bonds is 14. The minimum absolute atomic E-state index is 0.0791. The van der Waals surface area contributed by atoms with Crippen LogP contribution in [0.25, 0.3) is 0 Å². The topological polar surface area (TPSA) is 39.9 Å². The van der Waals surface area contributed by atoms with Crippen LogP contribution in [0, 0.1) is 16.7 Å². The molecule has 0 spiro atoms. The fourth-order valence-corrected chi connectivity index (χ4v) is 4.25. The van der Waals surface area contributed by atoms with E-state index in [-0.39, 0.29) is 28.5 Å². The zero-order chi connectivity index (χ0) is 24.0. The fraction of sp³-hybridized carbons (Fsp3) is 0.926. The van der Waals surface area contributed by atoms with Crippen LogP contribution in [-0.2, 0) is 10.2 Å². The van der Waals surface area contributed by atoms with E-state index in [0.717, 1.165) is 25.0 Å². The van der Waals surface area contributed by atoms with Crippen LogP contribution in [0.4, 0.5) is 0 Å². The quantitative estimate of drug-likeness (QED) is 0.278. The molecule has 3 atom stereocenters. The minimum Gasteiger partial charge on any atom is -0.374 e. The molecule has 1 heterocycles. The van der Waals surface area contributed by atoms with Crippen LogP contribution in [0.3, 0.4) is 0 Å². The SMILES string of the molecule is CCC(C)(C)C(C)OC(C)C(C)(C)CCCCC(C)n1cc(C(C)(C)CC(C)C)nn1. The molecule has 0 amide bonds. The van der Waals surface area contributed by atoms with Gasteiger partial charge in [0.05, 0.1) is 23.9 Å². The van der Waals surface area contributed by atoms with Gasteiger partial charge < -0.3 is 4.74 Å². The summed E-state index contributed by atoms with van der Waals surface area (Å²) in [5.41, 5.74) is 1.60. The van der Waals surface area contributed by atoms with Crippen molar-refractivity contribution >= 4 is 0 Å². The summed E-state index contributed by atoms with van der Waals surface area (Å²) in [4.78, 5) is 0. The Bertz CT molecular complexity index is 645. The molecule has 0 radical (unpaired) electrons. The first-order valence-electron chi connectivity index (χ1n) is 12.7. The highest BCUT2D eigenvalue weighted by molar-refractivity contribution is 5.09. The predicted octanol–water partition coefficient (Wildman–Crippen LogP) is 7.98. The lowest BCUT2D eigenvalue weighted by molar-refractivity contribution is -0.101. The van der Waals surface area contributed by atoms with Gasteiger partial charge in [-0.2, -0.15) is 0 Å². The molecule has 0 fully saturated rings. The van der Waals surface area contributed by atoms with Crippen molar-refractivity contribution in [3.8, 4) is 0 Å². The van der Waals surface area contributed by atoms with E-state index < -0.39 is 0 Å². The average molecular weight is 436 g/mol. The van der Waals surface area contributed by atoms with E-state index in [9.17, 15) is 0 Å². The van der Waals surface area contributed by atoms with Gasteiger partial charge >= 0.3 is 0 Å². The molecule has 0 saturated heterocycles. The number of unbranched alkanes of at least 4 members (excludes halogenated alkanes) is 1. The Labute approximate surface area is 193 Å². The normalized spacial score (nSPS) is 16.5. The molecule has 3 unspecified atom stereocenters. The van der Waals surface area contributed by atoms with Gasteiger partial charge in [0.1, 0.15) is 0 Å². The maximum absolute atomic E-state index is 6.46. The molecule has 4 heteroatoms. The van der Waals surface area contributed by atoms with Crippen molar-refractivity contribution in [1.29, 1.82) is 0 Å². The molecule has 0 aliphatic carbocycles. The third kappa shape index (κ3) is 8.51. The highest BCUT2D eigenvalue weighted by Gasteiger charge is 2.32. The van der Waals surface area contributed by atoms with Crippen LogP contribution in [0.2, 0.25) is 0 Å². The standard InChI is InChI=1S/C27H53N3O/c1-13-25(7,8)22(5)31-23(6)26(9,10)17-15-14-16-21(4)30-19-24(28-29-30)27(11,12)18-20(2)3/h19-23H,13-18H2,1-12H3. The molecule has 1 aromatic heterocycles. The molecule has 1 aromatic rings. The summed E-state index contributed by atoms with van der Waals surface area (Å²) >= 11 is 0. The number of nitrogens with zero attached hydrogens (tertiary/aromatic N) is 3. The summed E-state index contributed by atoms with van der Waals surface area (Å²) in [6.07, 6.45) is 9.71. The van der Waals surface area contributed by atoms with Crippen LogP contribution in [0.1, 0.15) is 133 Å². The Balaban J connectivity index is 2.51. The zero-order valence-corrected chi connectivity index (χ0v) is 22.9. The Morgan fingerprint density at radius 3 is 2.03 bits per heavy atom. The Kier molecular flexibility index (Phi) is 10.3. The van der Waals surface area contributed by atoms with Crippen molar-refractivity contribution in [2.24, 2.45) is 16.7 Å². The largest absolute Gasteiger partial charge is 0.374 e. The maximum atomic E-state index is 6.46. The molecule has 0 aliphatic heterocycles. The summed E-state index contributed by atoms with van der Waals surface area (Å²) in [7, 11) is 0. The second kappa shape index (κ2) is 11.3. The highest BCUT2D eigenvalue weighted by atomic mass is 16.5. The van der Waals surface area contributed by atoms with Gasteiger partial charge in [-0.3, -0.25) is 0 Å². The van der Waals surface area contributed by atoms with Gasteiger partial charge in [0, 0.05) is 11.6 Å². The van der Waals surface area contributed by atoms with Gasteiger partial charge in [-0.15, -0.1) is 5.10 Å². The van der Waals surface area contributed by atoms with Crippen molar-refractivity contribution < 1.29 is 4.74 Å². The van der Waals surface area contributed by atoms with Crippen LogP contribution >= 0.6 is 0 Å². The van der Waals surface area contributed by atoms with Gasteiger partial charge in [0.15, 0.2) is 0 Å². The molecule has 182 valence electrons. The lowest BCUT2D eigenvalue weighted by Crippen LogP contribution is -2.38. The molecule has 0 N–H and O–H groups in total. The highest BCUT2D eigenvalue weighted by Crippen LogP contribution is 2.35. The van der Waals surface area contributed by atoms with Crippen LogP contribution in [-0.4, -0.2) is 27.2 Å². The van der Waals surface area contributed by atoms with E-state index in [1.54, 1.807) is 0 Å². The van der Waals surface area contributed by atoms with Crippen molar-refractivity contribution in [2.45, 2.75) is 145 Å². The van der Waals surface area contributed by atoms with E-state index in [1.807, 2.05) is 0 Å². The van der Waals surface area contributed by atoms with Crippen molar-refractivity contribution in [1.82, 2.24) is 15.0 Å². The lowest BCUT2D eigenvalue weighted by atomic mass is 9.80. The first kappa shape index (κ1) is 28.1. The Morgan fingerprint density at radius 2 is 1.48 bits per heavy atom. The number of hydrogen-bond donors (Lipinski definition) is 0. The molecule has 0 aromatic carbocycles. The Hall–Kier alpha value is -0.900. The van der Waals surface area contributed by atoms with E-state index in [1.165, 1.54) is 19.3 Å². The summed E-state index contributed by atoms with van der Waals surface area (Å²) in [5, 5.41) is 8.96. The number of aromatic nitrogens is 3. The molecule has 31 heavy (non-hydrogen) atoms. The van der Waals surface area contributed by atoms with Gasteiger partial charge in [-0.1, -0.05) is 80.4 Å². The van der Waals surface area contributed by atoms with E-state index in [2.05, 4.69) is 104 Å². The van der Waals surface area contributed by atoms with Crippen molar-refractivity contribution in [3.05, 3.63) is 11.9 Å². The summed E-state index contributed by atoms with van der Waals surface area (Å²) in [5.74, 6) is 0.656. The van der Waals surface area contributed by atoms with E-state index in [0.29, 0.717) is 12.0 Å². The lowest BCUT2D eigenvalue weighted by Gasteiger charge is -2.39. The summed E-state index contributed by atoms with van der Waals surface area (Å²) < 4.78 is 8.53. The van der Waals surface area contributed by atoms with Gasteiger partial charge in [-0.25, -0.2) is 4.68 Å². The minimum atomic E-state index is 0.0791. The van der Waals surface area contributed by atoms with Gasteiger partial charge in [0.25, 0.3) is 0 Å². The van der Waals surface area contributed by atoms with Crippen molar-refractivity contribution in [2.75, 3.05) is 0 Å². The summed E-state index contributed by atoms with van der Waals surface area (Å²) in [6, 6.07) is 0.387. The van der Waals surface area contributed by atoms with Crippen LogP contribution in [0.5, 0.6) is 0 Å². The molecule has 0 saturated carbocycles. The van der Waals surface area contributed by atoms with Crippen LogP contribution in [0.15, 0.2) is 6.20 Å². The third-order valence-electron chi connectivity index (χ3n) is 7.79. The predicted molar refractivity (Wildman–Crippen MR) is 134 cm³/mol. The fourth-order valence-electron chi connectivity index (χ4n) is 4.25. The van der Waals surface area contributed by atoms with Crippen molar-refractivity contribution in [3.63, 3.8) is 0 Å². The van der Waals surface area contributed by atoms with E-state index in [4.69, 9.17) is 4.74 Å². The zero-order valence-electron chi connectivity index (χ0n) is 22.9. The molecule has 0 bridgehead atoms. The Morgan fingerprint density at radius 1 is 0.903 bits per heavy atom. The molecule has 1 rings (SSSR count). The smallest absolute Gasteiger partial charge is 0.0883 e. The van der Waals surface area contributed by atoms with Crippen LogP contribution < -0.4 is 0 Å². The first-order valence-corrected chi connectivity index (χ1v) is 12.7. The van der Waals surface area contributed by atoms with Gasteiger partial charge in [-0.05, 0) is 63.2 Å². The summed E-state index contributed by atoms with van der Waals surface area (Å²) in [6.45, 7) is 27.4. The molecular formula is C27H53N3O. The monoisotopic (exact) mass is 435 g/mol. The first-order chi connectivity index (χ1) is 14.1. The number of ether oxygens (including phenoxy) is 1. The second-order valence-corrected chi connectivity index (χ2v) is 12.4. The third-order valence-corrected chi connectivity index (χ3v) is 7.79.